The highest BCUT2D eigenvalue weighted by Crippen LogP contribution is 2.39. The lowest BCUT2D eigenvalue weighted by Crippen LogP contribution is -2.13. The standard InChI is InChI=1S/C10H7BrF4OS/c1-5(11)9(16)7-4-6(12)2-3-8(7)17-10(13,14)15/h2-5H,1H3. The predicted molar refractivity (Wildman–Crippen MR) is 61.0 cm³/mol. The fourth-order valence-corrected chi connectivity index (χ4v) is 2.02. The first-order valence-electron chi connectivity index (χ1n) is 4.44. The summed E-state index contributed by atoms with van der Waals surface area (Å²) in [5.74, 6) is -1.33. The first kappa shape index (κ1) is 14.5. The number of carbonyl (C=O) groups is 1. The van der Waals surface area contributed by atoms with Crippen LogP contribution in [0.25, 0.3) is 0 Å². The van der Waals surface area contributed by atoms with Crippen molar-refractivity contribution in [2.75, 3.05) is 0 Å². The van der Waals surface area contributed by atoms with Crippen LogP contribution in [0.5, 0.6) is 0 Å². The van der Waals surface area contributed by atoms with Crippen molar-refractivity contribution >= 4 is 33.5 Å². The van der Waals surface area contributed by atoms with Gasteiger partial charge < -0.3 is 0 Å². The zero-order chi connectivity index (χ0) is 13.2. The van der Waals surface area contributed by atoms with Crippen LogP contribution >= 0.6 is 27.7 Å². The van der Waals surface area contributed by atoms with E-state index in [9.17, 15) is 22.4 Å². The lowest BCUT2D eigenvalue weighted by molar-refractivity contribution is -0.0328. The van der Waals surface area contributed by atoms with Gasteiger partial charge in [0.15, 0.2) is 5.78 Å². The van der Waals surface area contributed by atoms with Crippen LogP contribution in [-0.2, 0) is 0 Å². The quantitative estimate of drug-likeness (QED) is 0.353. The molecule has 7 heteroatoms. The second kappa shape index (κ2) is 5.39. The van der Waals surface area contributed by atoms with Gasteiger partial charge in [0.2, 0.25) is 0 Å². The number of Topliss-reactive ketones (excluding diaryl/α,β-unsaturated/α-hetero) is 1. The van der Waals surface area contributed by atoms with Crippen molar-refractivity contribution < 1.29 is 22.4 Å². The molecule has 0 aliphatic carbocycles. The van der Waals surface area contributed by atoms with Gasteiger partial charge in [0.25, 0.3) is 0 Å². The SMILES string of the molecule is CC(Br)C(=O)c1cc(F)ccc1SC(F)(F)F. The Kier molecular flexibility index (Phi) is 4.60. The van der Waals surface area contributed by atoms with Gasteiger partial charge in [-0.15, -0.1) is 0 Å². The molecule has 1 unspecified atom stereocenters. The molecule has 0 amide bonds. The van der Waals surface area contributed by atoms with E-state index in [1.54, 1.807) is 0 Å². The molecule has 0 spiro atoms. The zero-order valence-electron chi connectivity index (χ0n) is 8.52. The Hall–Kier alpha value is -0.560. The van der Waals surface area contributed by atoms with Gasteiger partial charge in [-0.05, 0) is 36.9 Å². The van der Waals surface area contributed by atoms with E-state index in [0.717, 1.165) is 18.2 Å². The maximum absolute atomic E-state index is 12.9. The minimum Gasteiger partial charge on any atom is -0.293 e. The number of thioether (sulfide) groups is 1. The van der Waals surface area contributed by atoms with Gasteiger partial charge >= 0.3 is 5.51 Å². The number of alkyl halides is 4. The second-order valence-corrected chi connectivity index (χ2v) is 5.65. The number of ketones is 1. The number of hydrogen-bond donors (Lipinski definition) is 0. The van der Waals surface area contributed by atoms with Crippen molar-refractivity contribution in [3.05, 3.63) is 29.6 Å². The molecule has 17 heavy (non-hydrogen) atoms. The van der Waals surface area contributed by atoms with Crippen LogP contribution in [0.3, 0.4) is 0 Å². The van der Waals surface area contributed by atoms with Crippen LogP contribution < -0.4 is 0 Å². The second-order valence-electron chi connectivity index (χ2n) is 3.17. The minimum atomic E-state index is -4.51. The van der Waals surface area contributed by atoms with Crippen molar-refractivity contribution in [3.8, 4) is 0 Å². The van der Waals surface area contributed by atoms with E-state index in [0.29, 0.717) is 0 Å². The molecule has 0 radical (unpaired) electrons. The Balaban J connectivity index is 3.17. The molecule has 0 heterocycles. The number of benzene rings is 1. The highest BCUT2D eigenvalue weighted by atomic mass is 79.9. The molecule has 1 aromatic carbocycles. The first-order valence-corrected chi connectivity index (χ1v) is 6.17. The zero-order valence-corrected chi connectivity index (χ0v) is 10.9. The van der Waals surface area contributed by atoms with Crippen molar-refractivity contribution in [2.45, 2.75) is 22.2 Å². The van der Waals surface area contributed by atoms with Crippen molar-refractivity contribution in [3.63, 3.8) is 0 Å². The Labute approximate surface area is 108 Å². The number of halogens is 5. The maximum atomic E-state index is 12.9. The largest absolute Gasteiger partial charge is 0.446 e. The minimum absolute atomic E-state index is 0.267. The summed E-state index contributed by atoms with van der Waals surface area (Å²) >= 11 is 2.53. The van der Waals surface area contributed by atoms with E-state index in [-0.39, 0.29) is 10.5 Å². The summed E-state index contributed by atoms with van der Waals surface area (Å²) in [4.78, 5) is 10.6. The van der Waals surface area contributed by atoms with Crippen molar-refractivity contribution in [1.82, 2.24) is 0 Å². The molecular formula is C10H7BrF4OS. The van der Waals surface area contributed by atoms with Gasteiger partial charge in [-0.2, -0.15) is 13.2 Å². The third-order valence-electron chi connectivity index (χ3n) is 1.79. The third kappa shape index (κ3) is 4.31. The molecular weight excluding hydrogens is 324 g/mol. The van der Waals surface area contributed by atoms with E-state index in [4.69, 9.17) is 0 Å². The molecule has 0 N–H and O–H groups in total. The van der Waals surface area contributed by atoms with Crippen LogP contribution in [0.15, 0.2) is 23.1 Å². The summed E-state index contributed by atoms with van der Waals surface area (Å²) in [6.07, 6.45) is 0. The van der Waals surface area contributed by atoms with Crippen LogP contribution in [-0.4, -0.2) is 16.1 Å². The molecule has 1 nitrogen and oxygen atoms in total. The average molecular weight is 331 g/mol. The summed E-state index contributed by atoms with van der Waals surface area (Å²) in [6.45, 7) is 1.47. The van der Waals surface area contributed by atoms with Crippen LogP contribution in [0, 0.1) is 5.82 Å². The molecule has 0 fully saturated rings. The van der Waals surface area contributed by atoms with Gasteiger partial charge in [0.05, 0.1) is 4.83 Å². The smallest absolute Gasteiger partial charge is 0.293 e. The van der Waals surface area contributed by atoms with Crippen LogP contribution in [0.2, 0.25) is 0 Å². The van der Waals surface area contributed by atoms with Gasteiger partial charge in [-0.3, -0.25) is 4.79 Å². The molecule has 1 aromatic rings. The maximum Gasteiger partial charge on any atom is 0.446 e. The van der Waals surface area contributed by atoms with E-state index in [1.165, 1.54) is 6.92 Å². The summed E-state index contributed by atoms with van der Waals surface area (Å²) < 4.78 is 49.6. The van der Waals surface area contributed by atoms with Crippen molar-refractivity contribution in [1.29, 1.82) is 0 Å². The lowest BCUT2D eigenvalue weighted by atomic mass is 10.1. The molecule has 0 saturated carbocycles. The molecule has 0 aliphatic heterocycles. The number of rotatable bonds is 3. The van der Waals surface area contributed by atoms with Gasteiger partial charge in [0.1, 0.15) is 5.82 Å². The van der Waals surface area contributed by atoms with Gasteiger partial charge in [0, 0.05) is 10.5 Å². The molecule has 0 aromatic heterocycles. The summed E-state index contributed by atoms with van der Waals surface area (Å²) in [6, 6.07) is 2.66. The summed E-state index contributed by atoms with van der Waals surface area (Å²) in [7, 11) is 0. The van der Waals surface area contributed by atoms with Crippen LogP contribution in [0.1, 0.15) is 17.3 Å². The fraction of sp³-hybridized carbons (Fsp3) is 0.300. The van der Waals surface area contributed by atoms with Crippen LogP contribution in [0.4, 0.5) is 17.6 Å². The summed E-state index contributed by atoms with van der Waals surface area (Å²) in [5.41, 5.74) is -4.78. The van der Waals surface area contributed by atoms with E-state index in [1.807, 2.05) is 0 Å². The molecule has 0 aliphatic rings. The highest BCUT2D eigenvalue weighted by Gasteiger charge is 2.32. The van der Waals surface area contributed by atoms with E-state index < -0.39 is 33.7 Å². The molecule has 0 bridgehead atoms. The van der Waals surface area contributed by atoms with E-state index in [2.05, 4.69) is 15.9 Å². The summed E-state index contributed by atoms with van der Waals surface area (Å²) in [5, 5.41) is 0. The molecule has 0 saturated heterocycles. The van der Waals surface area contributed by atoms with Crippen molar-refractivity contribution in [2.24, 2.45) is 0 Å². The topological polar surface area (TPSA) is 17.1 Å². The molecule has 1 atom stereocenters. The van der Waals surface area contributed by atoms with Gasteiger partial charge in [-0.1, -0.05) is 15.9 Å². The monoisotopic (exact) mass is 330 g/mol. The van der Waals surface area contributed by atoms with E-state index >= 15 is 0 Å². The fourth-order valence-electron chi connectivity index (χ4n) is 1.12. The molecule has 1 rings (SSSR count). The van der Waals surface area contributed by atoms with Gasteiger partial charge in [-0.25, -0.2) is 4.39 Å². The predicted octanol–water partition coefficient (Wildman–Crippen LogP) is 4.40. The Bertz CT molecular complexity index is 431. The Morgan fingerprint density at radius 1 is 1.41 bits per heavy atom. The third-order valence-corrected chi connectivity index (χ3v) is 3.02. The Morgan fingerprint density at radius 2 is 2.00 bits per heavy atom. The highest BCUT2D eigenvalue weighted by molar-refractivity contribution is 9.10. The normalized spacial score (nSPS) is 13.5. The lowest BCUT2D eigenvalue weighted by Gasteiger charge is -2.11. The number of hydrogen-bond acceptors (Lipinski definition) is 2. The first-order chi connectivity index (χ1) is 7.70. The number of carbonyl (C=O) groups excluding carboxylic acids is 1. The Morgan fingerprint density at radius 3 is 2.47 bits per heavy atom. The average Bonchev–Trinajstić information content (AvgIpc) is 2.17. The molecule has 94 valence electrons.